The van der Waals surface area contributed by atoms with Gasteiger partial charge in [0.2, 0.25) is 11.8 Å². The number of halogens is 2. The standard InChI is InChI=1S/C28H32F2N4O3/c1-2-3-14-37-28(21-6-10-23(30)11-7-21)17-34(18-28)27(36)25(15-20-4-8-22(29)9-5-20)33-26(35)13-12-24-16-31-19-32-24/h4-11,16,19,25H,2-3,12-15,17-18H2,1H3,(H,31,32)(H,33,35). The van der Waals surface area contributed by atoms with Crippen LogP contribution in [0.2, 0.25) is 0 Å². The van der Waals surface area contributed by atoms with Gasteiger partial charge in [0.15, 0.2) is 0 Å². The number of carbonyl (C=O) groups excluding carboxylic acids is 2. The fraction of sp³-hybridized carbons (Fsp3) is 0.393. The number of H-pyrrole nitrogens is 1. The summed E-state index contributed by atoms with van der Waals surface area (Å²) in [6, 6.07) is 11.2. The van der Waals surface area contributed by atoms with E-state index < -0.39 is 11.6 Å². The Labute approximate surface area is 215 Å². The Kier molecular flexibility index (Phi) is 8.66. The number of nitrogens with one attached hydrogen (secondary N) is 2. The van der Waals surface area contributed by atoms with Crippen molar-refractivity contribution in [3.8, 4) is 0 Å². The molecule has 1 saturated heterocycles. The third-order valence-corrected chi connectivity index (χ3v) is 6.60. The van der Waals surface area contributed by atoms with Crippen molar-refractivity contribution in [1.29, 1.82) is 0 Å². The molecule has 2 heterocycles. The SMILES string of the molecule is CCCCOC1(c2ccc(F)cc2)CN(C(=O)C(Cc2ccc(F)cc2)NC(=O)CCc2c[nH]cn2)C1. The molecule has 37 heavy (non-hydrogen) atoms. The van der Waals surface area contributed by atoms with Gasteiger partial charge in [0.1, 0.15) is 23.3 Å². The van der Waals surface area contributed by atoms with E-state index in [1.807, 2.05) is 0 Å². The summed E-state index contributed by atoms with van der Waals surface area (Å²) >= 11 is 0. The predicted octanol–water partition coefficient (Wildman–Crippen LogP) is 3.90. The number of aromatic amines is 1. The van der Waals surface area contributed by atoms with Crippen LogP contribution in [-0.2, 0) is 32.8 Å². The lowest BCUT2D eigenvalue weighted by Crippen LogP contribution is -2.66. The van der Waals surface area contributed by atoms with Gasteiger partial charge in [0.25, 0.3) is 0 Å². The molecule has 4 rings (SSSR count). The van der Waals surface area contributed by atoms with Crippen LogP contribution in [-0.4, -0.2) is 52.4 Å². The minimum atomic E-state index is -0.820. The smallest absolute Gasteiger partial charge is 0.245 e. The Balaban J connectivity index is 1.46. The average molecular weight is 511 g/mol. The number of aryl methyl sites for hydroxylation is 1. The molecule has 1 aromatic heterocycles. The van der Waals surface area contributed by atoms with E-state index in [9.17, 15) is 18.4 Å². The fourth-order valence-electron chi connectivity index (χ4n) is 4.46. The van der Waals surface area contributed by atoms with Gasteiger partial charge in [0.05, 0.1) is 25.1 Å². The molecule has 1 aliphatic rings. The van der Waals surface area contributed by atoms with E-state index in [4.69, 9.17) is 4.74 Å². The van der Waals surface area contributed by atoms with Crippen LogP contribution in [0.15, 0.2) is 61.1 Å². The van der Waals surface area contributed by atoms with Crippen molar-refractivity contribution in [2.24, 2.45) is 0 Å². The molecule has 3 aromatic rings. The van der Waals surface area contributed by atoms with Crippen LogP contribution in [0, 0.1) is 11.6 Å². The van der Waals surface area contributed by atoms with Gasteiger partial charge < -0.3 is 19.9 Å². The van der Waals surface area contributed by atoms with Gasteiger partial charge >= 0.3 is 0 Å². The number of unbranched alkanes of at least 4 members (excludes halogenated alkanes) is 1. The molecule has 1 atom stereocenters. The topological polar surface area (TPSA) is 87.3 Å². The second-order valence-corrected chi connectivity index (χ2v) is 9.41. The second-order valence-electron chi connectivity index (χ2n) is 9.41. The summed E-state index contributed by atoms with van der Waals surface area (Å²) in [4.78, 5) is 34.9. The lowest BCUT2D eigenvalue weighted by molar-refractivity contribution is -0.175. The number of hydrogen-bond acceptors (Lipinski definition) is 4. The van der Waals surface area contributed by atoms with E-state index in [1.165, 1.54) is 24.3 Å². The lowest BCUT2D eigenvalue weighted by atomic mass is 9.84. The number of likely N-dealkylation sites (tertiary alicyclic amines) is 1. The molecule has 0 saturated carbocycles. The van der Waals surface area contributed by atoms with Crippen molar-refractivity contribution < 1.29 is 23.1 Å². The summed E-state index contributed by atoms with van der Waals surface area (Å²) < 4.78 is 33.2. The van der Waals surface area contributed by atoms with Crippen molar-refractivity contribution in [1.82, 2.24) is 20.2 Å². The zero-order chi connectivity index (χ0) is 26.3. The van der Waals surface area contributed by atoms with E-state index in [-0.39, 0.29) is 36.3 Å². The van der Waals surface area contributed by atoms with Crippen molar-refractivity contribution >= 4 is 11.8 Å². The second kappa shape index (κ2) is 12.1. The predicted molar refractivity (Wildman–Crippen MR) is 134 cm³/mol. The van der Waals surface area contributed by atoms with E-state index in [2.05, 4.69) is 22.2 Å². The highest BCUT2D eigenvalue weighted by Gasteiger charge is 2.49. The third-order valence-electron chi connectivity index (χ3n) is 6.60. The van der Waals surface area contributed by atoms with E-state index in [0.717, 1.165) is 29.7 Å². The first-order chi connectivity index (χ1) is 17.9. The van der Waals surface area contributed by atoms with Crippen LogP contribution in [0.25, 0.3) is 0 Å². The highest BCUT2D eigenvalue weighted by Crippen LogP contribution is 2.37. The van der Waals surface area contributed by atoms with E-state index >= 15 is 0 Å². The molecule has 1 fully saturated rings. The van der Waals surface area contributed by atoms with Crippen LogP contribution in [0.3, 0.4) is 0 Å². The number of carbonyl (C=O) groups is 2. The summed E-state index contributed by atoms with van der Waals surface area (Å²) in [6.07, 6.45) is 5.95. The van der Waals surface area contributed by atoms with Gasteiger partial charge in [-0.25, -0.2) is 13.8 Å². The highest BCUT2D eigenvalue weighted by molar-refractivity contribution is 5.88. The Morgan fingerprint density at radius 3 is 2.41 bits per heavy atom. The molecule has 0 aliphatic carbocycles. The maximum absolute atomic E-state index is 13.6. The first-order valence-corrected chi connectivity index (χ1v) is 12.6. The van der Waals surface area contributed by atoms with Crippen LogP contribution in [0.5, 0.6) is 0 Å². The fourth-order valence-corrected chi connectivity index (χ4v) is 4.46. The van der Waals surface area contributed by atoms with Crippen molar-refractivity contribution in [2.75, 3.05) is 19.7 Å². The summed E-state index contributed by atoms with van der Waals surface area (Å²) in [5.74, 6) is -1.22. The minimum absolute atomic E-state index is 0.178. The number of rotatable bonds is 12. The molecule has 0 spiro atoms. The van der Waals surface area contributed by atoms with Gasteiger partial charge in [-0.15, -0.1) is 0 Å². The summed E-state index contributed by atoms with van der Waals surface area (Å²) in [5, 5.41) is 2.87. The number of benzene rings is 2. The van der Waals surface area contributed by atoms with Crippen LogP contribution >= 0.6 is 0 Å². The zero-order valence-electron chi connectivity index (χ0n) is 20.9. The van der Waals surface area contributed by atoms with Crippen molar-refractivity contribution in [3.63, 3.8) is 0 Å². The molecule has 0 bridgehead atoms. The average Bonchev–Trinajstić information content (AvgIpc) is 3.39. The molecule has 196 valence electrons. The highest BCUT2D eigenvalue weighted by atomic mass is 19.1. The third kappa shape index (κ3) is 6.80. The Morgan fingerprint density at radius 1 is 1.11 bits per heavy atom. The molecular weight excluding hydrogens is 478 g/mol. The number of ether oxygens (including phenoxy) is 1. The van der Waals surface area contributed by atoms with Crippen LogP contribution < -0.4 is 5.32 Å². The first-order valence-electron chi connectivity index (χ1n) is 12.6. The monoisotopic (exact) mass is 510 g/mol. The normalized spacial score (nSPS) is 15.2. The quantitative estimate of drug-likeness (QED) is 0.362. The molecule has 0 radical (unpaired) electrons. The molecule has 2 amide bonds. The molecule has 2 aromatic carbocycles. The molecule has 2 N–H and O–H groups in total. The van der Waals surface area contributed by atoms with Gasteiger partial charge in [-0.1, -0.05) is 37.6 Å². The number of aromatic nitrogens is 2. The number of hydrogen-bond donors (Lipinski definition) is 2. The van der Waals surface area contributed by atoms with E-state index in [0.29, 0.717) is 26.1 Å². The van der Waals surface area contributed by atoms with Crippen molar-refractivity contribution in [2.45, 2.75) is 50.7 Å². The summed E-state index contributed by atoms with van der Waals surface area (Å²) in [5.41, 5.74) is 1.58. The number of imidazole rings is 1. The largest absolute Gasteiger partial charge is 0.367 e. The zero-order valence-corrected chi connectivity index (χ0v) is 20.9. The first kappa shape index (κ1) is 26.5. The van der Waals surface area contributed by atoms with Crippen LogP contribution in [0.4, 0.5) is 8.78 Å². The Hall–Kier alpha value is -3.59. The Morgan fingerprint density at radius 2 is 1.78 bits per heavy atom. The molecule has 9 heteroatoms. The molecule has 7 nitrogen and oxygen atoms in total. The van der Waals surface area contributed by atoms with Gasteiger partial charge in [-0.2, -0.15) is 0 Å². The number of amides is 2. The van der Waals surface area contributed by atoms with Gasteiger partial charge in [0, 0.05) is 25.6 Å². The molecule has 1 unspecified atom stereocenters. The lowest BCUT2D eigenvalue weighted by Gasteiger charge is -2.51. The maximum atomic E-state index is 13.6. The van der Waals surface area contributed by atoms with E-state index in [1.54, 1.807) is 41.7 Å². The molecule has 1 aliphatic heterocycles. The van der Waals surface area contributed by atoms with Gasteiger partial charge in [-0.05, 0) is 48.2 Å². The van der Waals surface area contributed by atoms with Gasteiger partial charge in [-0.3, -0.25) is 9.59 Å². The Bertz CT molecular complexity index is 1160. The minimum Gasteiger partial charge on any atom is -0.367 e. The maximum Gasteiger partial charge on any atom is 0.245 e. The van der Waals surface area contributed by atoms with Crippen molar-refractivity contribution in [3.05, 3.63) is 89.5 Å². The van der Waals surface area contributed by atoms with Crippen LogP contribution in [0.1, 0.15) is 43.0 Å². The summed E-state index contributed by atoms with van der Waals surface area (Å²) in [7, 11) is 0. The number of nitrogens with zero attached hydrogens (tertiary/aromatic N) is 2. The summed E-state index contributed by atoms with van der Waals surface area (Å²) in [6.45, 7) is 3.19. The molecular formula is C28H32F2N4O3.